The second-order valence-corrected chi connectivity index (χ2v) is 8.61. The van der Waals surface area contributed by atoms with Crippen LogP contribution in [0.5, 0.6) is 0 Å². The zero-order valence-electron chi connectivity index (χ0n) is 16.3. The number of aliphatic carboxylic acids is 1. The van der Waals surface area contributed by atoms with E-state index in [0.717, 1.165) is 25.7 Å². The van der Waals surface area contributed by atoms with Crippen LogP contribution in [0, 0.1) is 17.8 Å². The van der Waals surface area contributed by atoms with Crippen LogP contribution < -0.4 is 0 Å². The van der Waals surface area contributed by atoms with Gasteiger partial charge in [0.15, 0.2) is 0 Å². The third kappa shape index (κ3) is 3.29. The third-order valence-electron chi connectivity index (χ3n) is 6.87. The number of benzene rings is 1. The van der Waals surface area contributed by atoms with Crippen molar-refractivity contribution in [1.29, 1.82) is 0 Å². The van der Waals surface area contributed by atoms with Gasteiger partial charge < -0.3 is 14.9 Å². The molecular weight excluding hydrogens is 356 g/mol. The van der Waals surface area contributed by atoms with Crippen molar-refractivity contribution in [1.82, 2.24) is 9.80 Å². The number of hydrogen-bond donors (Lipinski definition) is 1. The van der Waals surface area contributed by atoms with E-state index in [0.29, 0.717) is 24.4 Å². The van der Waals surface area contributed by atoms with E-state index >= 15 is 0 Å². The van der Waals surface area contributed by atoms with E-state index in [2.05, 4.69) is 0 Å². The Labute approximate surface area is 165 Å². The summed E-state index contributed by atoms with van der Waals surface area (Å²) in [6.45, 7) is 2.58. The lowest BCUT2D eigenvalue weighted by Crippen LogP contribution is -2.50. The Morgan fingerprint density at radius 3 is 2.43 bits per heavy atom. The lowest BCUT2D eigenvalue weighted by molar-refractivity contribution is -0.142. The van der Waals surface area contributed by atoms with Crippen molar-refractivity contribution in [3.63, 3.8) is 0 Å². The predicted molar refractivity (Wildman–Crippen MR) is 104 cm³/mol. The van der Waals surface area contributed by atoms with Gasteiger partial charge in [0.25, 0.3) is 5.91 Å². The number of nitrogens with zero attached hydrogens (tertiary/aromatic N) is 2. The summed E-state index contributed by atoms with van der Waals surface area (Å²) in [5, 5.41) is 9.40. The first-order valence-corrected chi connectivity index (χ1v) is 10.4. The van der Waals surface area contributed by atoms with Gasteiger partial charge in [0.05, 0.1) is 5.92 Å². The maximum absolute atomic E-state index is 13.4. The molecule has 2 heterocycles. The summed E-state index contributed by atoms with van der Waals surface area (Å²) < 4.78 is 0. The Bertz CT molecular complexity index is 765. The lowest BCUT2D eigenvalue weighted by atomic mass is 9.84. The molecule has 1 aromatic rings. The molecule has 1 aliphatic carbocycles. The number of carboxylic acids is 1. The van der Waals surface area contributed by atoms with Gasteiger partial charge in [-0.15, -0.1) is 0 Å². The zero-order valence-corrected chi connectivity index (χ0v) is 16.3. The minimum atomic E-state index is -0.847. The Morgan fingerprint density at radius 2 is 1.75 bits per heavy atom. The molecule has 2 amide bonds. The molecule has 0 bridgehead atoms. The highest BCUT2D eigenvalue weighted by Gasteiger charge is 2.50. The standard InChI is InChI=1S/C22H28N2O4/c1-14-12-23(13-17(14)22(27)28)21(26)19-11-16-9-5-6-10-18(16)24(19)20(25)15-7-3-2-4-8-15/h2-4,7-8,14,16-19H,5-6,9-13H2,1H3,(H,27,28)/t14-,16?,17-,18?,19?/m1/s1. The summed E-state index contributed by atoms with van der Waals surface area (Å²) in [4.78, 5) is 41.7. The van der Waals surface area contributed by atoms with Crippen molar-refractivity contribution >= 4 is 17.8 Å². The summed E-state index contributed by atoms with van der Waals surface area (Å²) in [6, 6.07) is 8.82. The maximum atomic E-state index is 13.4. The molecular formula is C22H28N2O4. The van der Waals surface area contributed by atoms with Gasteiger partial charge in [0.2, 0.25) is 5.91 Å². The highest BCUT2D eigenvalue weighted by atomic mass is 16.4. The topological polar surface area (TPSA) is 77.9 Å². The molecule has 6 nitrogen and oxygen atoms in total. The fourth-order valence-electron chi connectivity index (χ4n) is 5.38. The molecule has 5 atom stereocenters. The van der Waals surface area contributed by atoms with E-state index < -0.39 is 17.9 Å². The monoisotopic (exact) mass is 384 g/mol. The van der Waals surface area contributed by atoms with Crippen LogP contribution in [0.25, 0.3) is 0 Å². The molecule has 0 aromatic heterocycles. The normalized spacial score (nSPS) is 32.2. The first-order valence-electron chi connectivity index (χ1n) is 10.4. The van der Waals surface area contributed by atoms with Crippen LogP contribution in [-0.4, -0.2) is 57.9 Å². The molecule has 4 rings (SSSR count). The van der Waals surface area contributed by atoms with Crippen LogP contribution in [0.1, 0.15) is 49.4 Å². The Morgan fingerprint density at radius 1 is 1.04 bits per heavy atom. The number of hydrogen-bond acceptors (Lipinski definition) is 3. The Balaban J connectivity index is 1.59. The fraction of sp³-hybridized carbons (Fsp3) is 0.591. The molecule has 1 aromatic carbocycles. The van der Waals surface area contributed by atoms with Crippen LogP contribution >= 0.6 is 0 Å². The van der Waals surface area contributed by atoms with E-state index in [1.807, 2.05) is 30.0 Å². The molecule has 28 heavy (non-hydrogen) atoms. The van der Waals surface area contributed by atoms with Gasteiger partial charge in [-0.05, 0) is 43.2 Å². The number of rotatable bonds is 3. The summed E-state index contributed by atoms with van der Waals surface area (Å²) >= 11 is 0. The molecule has 2 saturated heterocycles. The van der Waals surface area contributed by atoms with E-state index in [-0.39, 0.29) is 30.3 Å². The van der Waals surface area contributed by atoms with Gasteiger partial charge in [-0.3, -0.25) is 14.4 Å². The van der Waals surface area contributed by atoms with Gasteiger partial charge >= 0.3 is 5.97 Å². The average molecular weight is 384 g/mol. The van der Waals surface area contributed by atoms with Gasteiger partial charge in [0, 0.05) is 24.7 Å². The van der Waals surface area contributed by atoms with Crippen molar-refractivity contribution in [3.8, 4) is 0 Å². The summed E-state index contributed by atoms with van der Waals surface area (Å²) in [7, 11) is 0. The van der Waals surface area contributed by atoms with Crippen LogP contribution in [0.15, 0.2) is 30.3 Å². The van der Waals surface area contributed by atoms with Crippen molar-refractivity contribution in [2.24, 2.45) is 17.8 Å². The number of amides is 2. The third-order valence-corrected chi connectivity index (χ3v) is 6.87. The van der Waals surface area contributed by atoms with Crippen molar-refractivity contribution in [2.75, 3.05) is 13.1 Å². The second kappa shape index (κ2) is 7.57. The van der Waals surface area contributed by atoms with Crippen LogP contribution in [0.4, 0.5) is 0 Å². The molecule has 6 heteroatoms. The van der Waals surface area contributed by atoms with E-state index in [1.54, 1.807) is 17.0 Å². The van der Waals surface area contributed by atoms with Gasteiger partial charge in [-0.1, -0.05) is 38.0 Å². The molecule has 3 unspecified atom stereocenters. The smallest absolute Gasteiger partial charge is 0.308 e. The highest BCUT2D eigenvalue weighted by molar-refractivity contribution is 5.98. The summed E-state index contributed by atoms with van der Waals surface area (Å²) in [6.07, 6.45) is 4.94. The van der Waals surface area contributed by atoms with E-state index in [9.17, 15) is 19.5 Å². The van der Waals surface area contributed by atoms with Gasteiger partial charge in [-0.2, -0.15) is 0 Å². The highest BCUT2D eigenvalue weighted by Crippen LogP contribution is 2.41. The number of carbonyl (C=O) groups excluding carboxylic acids is 2. The largest absolute Gasteiger partial charge is 0.481 e. The zero-order chi connectivity index (χ0) is 19.8. The first-order chi connectivity index (χ1) is 13.5. The Kier molecular flexibility index (Phi) is 5.13. The van der Waals surface area contributed by atoms with Crippen LogP contribution in [-0.2, 0) is 9.59 Å². The molecule has 1 N–H and O–H groups in total. The van der Waals surface area contributed by atoms with E-state index in [1.165, 1.54) is 0 Å². The molecule has 150 valence electrons. The lowest BCUT2D eigenvalue weighted by Gasteiger charge is -2.34. The Hall–Kier alpha value is -2.37. The fourth-order valence-corrected chi connectivity index (χ4v) is 5.38. The predicted octanol–water partition coefficient (Wildman–Crippen LogP) is 2.64. The number of likely N-dealkylation sites (tertiary alicyclic amines) is 2. The molecule has 1 saturated carbocycles. The molecule has 0 spiro atoms. The number of carbonyl (C=O) groups is 3. The maximum Gasteiger partial charge on any atom is 0.308 e. The van der Waals surface area contributed by atoms with Crippen molar-refractivity contribution < 1.29 is 19.5 Å². The molecule has 3 fully saturated rings. The van der Waals surface area contributed by atoms with Crippen LogP contribution in [0.2, 0.25) is 0 Å². The molecule has 3 aliphatic rings. The summed E-state index contributed by atoms with van der Waals surface area (Å²) in [5.74, 6) is -1.22. The van der Waals surface area contributed by atoms with Crippen LogP contribution in [0.3, 0.4) is 0 Å². The van der Waals surface area contributed by atoms with Crippen molar-refractivity contribution in [2.45, 2.75) is 51.1 Å². The second-order valence-electron chi connectivity index (χ2n) is 8.61. The van der Waals surface area contributed by atoms with Crippen molar-refractivity contribution in [3.05, 3.63) is 35.9 Å². The quantitative estimate of drug-likeness (QED) is 0.869. The number of carboxylic acid groups (broad SMARTS) is 1. The molecule has 2 aliphatic heterocycles. The summed E-state index contributed by atoms with van der Waals surface area (Å²) in [5.41, 5.74) is 0.615. The SMILES string of the molecule is C[C@@H]1CN(C(=O)C2CC3CCCCC3N2C(=O)c2ccccc2)C[C@H]1C(=O)O. The average Bonchev–Trinajstić information content (AvgIpc) is 3.28. The van der Waals surface area contributed by atoms with Gasteiger partial charge in [-0.25, -0.2) is 0 Å². The molecule has 0 radical (unpaired) electrons. The minimum absolute atomic E-state index is 0.0663. The van der Waals surface area contributed by atoms with E-state index in [4.69, 9.17) is 0 Å². The number of fused-ring (bicyclic) bond motifs is 1. The first kappa shape index (κ1) is 19.0. The minimum Gasteiger partial charge on any atom is -0.481 e. The van der Waals surface area contributed by atoms with Gasteiger partial charge in [0.1, 0.15) is 6.04 Å².